The Labute approximate surface area is 90.4 Å². The summed E-state index contributed by atoms with van der Waals surface area (Å²) < 4.78 is 5.85. The van der Waals surface area contributed by atoms with Crippen molar-refractivity contribution < 1.29 is 4.74 Å². The minimum Gasteiger partial charge on any atom is -0.374 e. The van der Waals surface area contributed by atoms with Crippen molar-refractivity contribution >= 4 is 15.9 Å². The molecular weight excluding hydrogens is 228 g/mol. The Morgan fingerprint density at radius 3 is 2.46 bits per heavy atom. The van der Waals surface area contributed by atoms with Crippen molar-refractivity contribution in [1.29, 1.82) is 0 Å². The van der Waals surface area contributed by atoms with Crippen LogP contribution in [0.3, 0.4) is 0 Å². The van der Waals surface area contributed by atoms with Crippen molar-refractivity contribution in [3.05, 3.63) is 0 Å². The summed E-state index contributed by atoms with van der Waals surface area (Å²) in [5.74, 6) is 1.68. The molecule has 1 unspecified atom stereocenters. The summed E-state index contributed by atoms with van der Waals surface area (Å²) in [5.41, 5.74) is -0.00198. The van der Waals surface area contributed by atoms with E-state index in [4.69, 9.17) is 4.74 Å². The number of ether oxygens (including phenoxy) is 1. The van der Waals surface area contributed by atoms with Gasteiger partial charge in [-0.05, 0) is 25.7 Å². The summed E-state index contributed by atoms with van der Waals surface area (Å²) in [6, 6.07) is 0. The van der Waals surface area contributed by atoms with Crippen LogP contribution in [0.1, 0.15) is 40.0 Å². The molecule has 0 saturated heterocycles. The van der Waals surface area contributed by atoms with Gasteiger partial charge in [-0.2, -0.15) is 0 Å². The fraction of sp³-hybridized carbons (Fsp3) is 1.00. The molecule has 0 aliphatic heterocycles. The molecule has 1 aliphatic rings. The minimum absolute atomic E-state index is 0.00198. The third-order valence-electron chi connectivity index (χ3n) is 3.01. The summed E-state index contributed by atoms with van der Waals surface area (Å²) >= 11 is 3.46. The van der Waals surface area contributed by atoms with Gasteiger partial charge in [0.15, 0.2) is 0 Å². The monoisotopic (exact) mass is 248 g/mol. The maximum Gasteiger partial charge on any atom is 0.0723 e. The van der Waals surface area contributed by atoms with Crippen LogP contribution in [0.25, 0.3) is 0 Å². The lowest BCUT2D eigenvalue weighted by molar-refractivity contribution is -0.0319. The molecule has 1 atom stereocenters. The van der Waals surface area contributed by atoms with Gasteiger partial charge in [0.1, 0.15) is 0 Å². The van der Waals surface area contributed by atoms with Crippen molar-refractivity contribution in [3.8, 4) is 0 Å². The van der Waals surface area contributed by atoms with Crippen molar-refractivity contribution in [2.75, 3.05) is 11.9 Å². The van der Waals surface area contributed by atoms with Gasteiger partial charge in [0, 0.05) is 5.33 Å². The SMILES string of the molecule is CC(COC(C)(C)CBr)C1CCC1. The maximum atomic E-state index is 5.85. The van der Waals surface area contributed by atoms with Crippen LogP contribution in [0.4, 0.5) is 0 Å². The summed E-state index contributed by atoms with van der Waals surface area (Å²) in [7, 11) is 0. The van der Waals surface area contributed by atoms with Gasteiger partial charge in [-0.3, -0.25) is 0 Å². The average molecular weight is 249 g/mol. The summed E-state index contributed by atoms with van der Waals surface area (Å²) in [6.07, 6.45) is 4.26. The van der Waals surface area contributed by atoms with E-state index in [0.717, 1.165) is 23.8 Å². The number of halogens is 1. The standard InChI is InChI=1S/C11H21BrO/c1-9(10-5-4-6-10)7-13-11(2,3)8-12/h9-10H,4-8H2,1-3H3. The average Bonchev–Trinajstić information content (AvgIpc) is 1.98. The molecule has 2 heteroatoms. The molecule has 1 aliphatic carbocycles. The van der Waals surface area contributed by atoms with Crippen LogP contribution in [-0.4, -0.2) is 17.5 Å². The summed E-state index contributed by atoms with van der Waals surface area (Å²) in [4.78, 5) is 0. The highest BCUT2D eigenvalue weighted by Crippen LogP contribution is 2.33. The molecule has 0 bridgehead atoms. The lowest BCUT2D eigenvalue weighted by atomic mass is 9.77. The second-order valence-electron chi connectivity index (χ2n) is 4.87. The maximum absolute atomic E-state index is 5.85. The zero-order chi connectivity index (χ0) is 9.90. The Balaban J connectivity index is 2.17. The second kappa shape index (κ2) is 4.79. The lowest BCUT2D eigenvalue weighted by Crippen LogP contribution is -2.31. The first kappa shape index (κ1) is 11.5. The molecule has 0 aromatic heterocycles. The fourth-order valence-electron chi connectivity index (χ4n) is 1.54. The number of hydrogen-bond donors (Lipinski definition) is 0. The predicted molar refractivity (Wildman–Crippen MR) is 60.3 cm³/mol. The zero-order valence-corrected chi connectivity index (χ0v) is 10.6. The molecule has 13 heavy (non-hydrogen) atoms. The molecule has 0 heterocycles. The molecule has 0 spiro atoms. The Morgan fingerprint density at radius 1 is 1.46 bits per heavy atom. The molecule has 1 saturated carbocycles. The van der Waals surface area contributed by atoms with E-state index in [0.29, 0.717) is 0 Å². The molecule has 0 radical (unpaired) electrons. The van der Waals surface area contributed by atoms with E-state index >= 15 is 0 Å². The van der Waals surface area contributed by atoms with Gasteiger partial charge >= 0.3 is 0 Å². The van der Waals surface area contributed by atoms with Crippen molar-refractivity contribution in [2.24, 2.45) is 11.8 Å². The highest BCUT2D eigenvalue weighted by molar-refractivity contribution is 9.09. The molecule has 0 N–H and O–H groups in total. The van der Waals surface area contributed by atoms with Crippen LogP contribution in [0.15, 0.2) is 0 Å². The molecule has 0 aromatic carbocycles. The molecule has 78 valence electrons. The first-order chi connectivity index (χ1) is 6.05. The van der Waals surface area contributed by atoms with Crippen molar-refractivity contribution in [2.45, 2.75) is 45.6 Å². The van der Waals surface area contributed by atoms with Crippen molar-refractivity contribution in [3.63, 3.8) is 0 Å². The highest BCUT2D eigenvalue weighted by atomic mass is 79.9. The highest BCUT2D eigenvalue weighted by Gasteiger charge is 2.26. The van der Waals surface area contributed by atoms with Gasteiger partial charge in [0.25, 0.3) is 0 Å². The molecule has 1 nitrogen and oxygen atoms in total. The van der Waals surface area contributed by atoms with Crippen LogP contribution in [0.2, 0.25) is 0 Å². The molecular formula is C11H21BrO. The predicted octanol–water partition coefficient (Wildman–Crippen LogP) is 3.61. The number of hydrogen-bond acceptors (Lipinski definition) is 1. The third kappa shape index (κ3) is 3.59. The minimum atomic E-state index is -0.00198. The smallest absolute Gasteiger partial charge is 0.0723 e. The van der Waals surface area contributed by atoms with Gasteiger partial charge in [0.2, 0.25) is 0 Å². The Kier molecular flexibility index (Phi) is 4.24. The fourth-order valence-corrected chi connectivity index (χ4v) is 1.70. The van der Waals surface area contributed by atoms with Crippen LogP contribution in [0, 0.1) is 11.8 Å². The Hall–Kier alpha value is 0.440. The van der Waals surface area contributed by atoms with Crippen molar-refractivity contribution in [1.82, 2.24) is 0 Å². The Morgan fingerprint density at radius 2 is 2.08 bits per heavy atom. The first-order valence-corrected chi connectivity index (χ1v) is 6.37. The Bertz CT molecular complexity index is 152. The van der Waals surface area contributed by atoms with Crippen LogP contribution < -0.4 is 0 Å². The van der Waals surface area contributed by atoms with Gasteiger partial charge in [0.05, 0.1) is 12.2 Å². The lowest BCUT2D eigenvalue weighted by Gasteiger charge is -2.33. The summed E-state index contributed by atoms with van der Waals surface area (Å²) in [6.45, 7) is 7.50. The largest absolute Gasteiger partial charge is 0.374 e. The van der Waals surface area contributed by atoms with E-state index < -0.39 is 0 Å². The first-order valence-electron chi connectivity index (χ1n) is 5.25. The van der Waals surface area contributed by atoms with E-state index in [9.17, 15) is 0 Å². The van der Waals surface area contributed by atoms with Crippen LogP contribution >= 0.6 is 15.9 Å². The van der Waals surface area contributed by atoms with E-state index in [2.05, 4.69) is 36.7 Å². The van der Waals surface area contributed by atoms with Gasteiger partial charge in [-0.25, -0.2) is 0 Å². The zero-order valence-electron chi connectivity index (χ0n) is 8.98. The van der Waals surface area contributed by atoms with Gasteiger partial charge in [-0.1, -0.05) is 42.1 Å². The summed E-state index contributed by atoms with van der Waals surface area (Å²) in [5, 5.41) is 0.914. The van der Waals surface area contributed by atoms with Crippen LogP contribution in [-0.2, 0) is 4.74 Å². The quantitative estimate of drug-likeness (QED) is 0.676. The molecule has 1 fully saturated rings. The van der Waals surface area contributed by atoms with Crippen LogP contribution in [0.5, 0.6) is 0 Å². The molecule has 1 rings (SSSR count). The van der Waals surface area contributed by atoms with E-state index in [-0.39, 0.29) is 5.60 Å². The second-order valence-corrected chi connectivity index (χ2v) is 5.43. The van der Waals surface area contributed by atoms with E-state index in [1.807, 2.05) is 0 Å². The number of alkyl halides is 1. The van der Waals surface area contributed by atoms with Gasteiger partial charge in [-0.15, -0.1) is 0 Å². The van der Waals surface area contributed by atoms with Gasteiger partial charge < -0.3 is 4.74 Å². The third-order valence-corrected chi connectivity index (χ3v) is 4.36. The normalized spacial score (nSPS) is 21.2. The van der Waals surface area contributed by atoms with E-state index in [1.54, 1.807) is 0 Å². The molecule has 0 aromatic rings. The number of rotatable bonds is 5. The topological polar surface area (TPSA) is 9.23 Å². The molecule has 0 amide bonds. The van der Waals surface area contributed by atoms with E-state index in [1.165, 1.54) is 19.3 Å².